The molecule has 23 heavy (non-hydrogen) atoms. The SMILES string of the molecule is O=C([CH]CCc1ccccc1)Nc1nc(-c2ccccc2)cs1. The van der Waals surface area contributed by atoms with Crippen LogP contribution in [0.15, 0.2) is 66.0 Å². The average molecular weight is 321 g/mol. The predicted molar refractivity (Wildman–Crippen MR) is 95.2 cm³/mol. The zero-order chi connectivity index (χ0) is 15.9. The van der Waals surface area contributed by atoms with E-state index in [0.29, 0.717) is 11.6 Å². The molecule has 1 N–H and O–H groups in total. The van der Waals surface area contributed by atoms with Crippen LogP contribution < -0.4 is 5.32 Å². The number of anilines is 1. The standard InChI is InChI=1S/C19H17N2OS/c22-18(13-7-10-15-8-3-1-4-9-15)21-19-20-17(14-23-19)16-11-5-2-6-12-16/h1-6,8-9,11-14H,7,10H2,(H,20,21,22). The molecule has 0 saturated carbocycles. The number of hydrogen-bond donors (Lipinski definition) is 1. The Labute approximate surface area is 140 Å². The maximum Gasteiger partial charge on any atom is 0.230 e. The summed E-state index contributed by atoms with van der Waals surface area (Å²) in [4.78, 5) is 16.4. The number of carbonyl (C=O) groups excluding carboxylic acids is 1. The fourth-order valence-electron chi connectivity index (χ4n) is 2.24. The van der Waals surface area contributed by atoms with Gasteiger partial charge in [-0.15, -0.1) is 11.3 Å². The molecule has 0 bridgehead atoms. The van der Waals surface area contributed by atoms with Gasteiger partial charge in [0.05, 0.1) is 12.1 Å². The van der Waals surface area contributed by atoms with Crippen LogP contribution in [-0.2, 0) is 11.2 Å². The van der Waals surface area contributed by atoms with Crippen LogP contribution >= 0.6 is 11.3 Å². The van der Waals surface area contributed by atoms with Crippen molar-refractivity contribution in [3.63, 3.8) is 0 Å². The summed E-state index contributed by atoms with van der Waals surface area (Å²) < 4.78 is 0. The molecule has 4 heteroatoms. The van der Waals surface area contributed by atoms with Gasteiger partial charge in [0.1, 0.15) is 0 Å². The first-order valence-electron chi connectivity index (χ1n) is 7.50. The van der Waals surface area contributed by atoms with Crippen LogP contribution in [0.4, 0.5) is 5.13 Å². The number of thiazole rings is 1. The van der Waals surface area contributed by atoms with Crippen LogP contribution in [0.3, 0.4) is 0 Å². The third kappa shape index (κ3) is 4.50. The molecule has 1 aromatic heterocycles. The Morgan fingerprint density at radius 3 is 2.48 bits per heavy atom. The Hall–Kier alpha value is -2.46. The minimum absolute atomic E-state index is 0.102. The lowest BCUT2D eigenvalue weighted by Gasteiger charge is -2.02. The molecule has 1 radical (unpaired) electrons. The summed E-state index contributed by atoms with van der Waals surface area (Å²) in [6.45, 7) is 0. The first-order valence-corrected chi connectivity index (χ1v) is 8.38. The monoisotopic (exact) mass is 321 g/mol. The largest absolute Gasteiger partial charge is 0.302 e. The van der Waals surface area contributed by atoms with E-state index in [0.717, 1.165) is 17.7 Å². The van der Waals surface area contributed by atoms with Gasteiger partial charge in [0.2, 0.25) is 5.91 Å². The quantitative estimate of drug-likeness (QED) is 0.722. The Bertz CT molecular complexity index is 753. The van der Waals surface area contributed by atoms with Crippen LogP contribution in [0.1, 0.15) is 12.0 Å². The highest BCUT2D eigenvalue weighted by atomic mass is 32.1. The van der Waals surface area contributed by atoms with Gasteiger partial charge in [-0.2, -0.15) is 0 Å². The van der Waals surface area contributed by atoms with Crippen molar-refractivity contribution in [2.45, 2.75) is 12.8 Å². The van der Waals surface area contributed by atoms with Crippen molar-refractivity contribution in [1.29, 1.82) is 0 Å². The maximum atomic E-state index is 11.9. The van der Waals surface area contributed by atoms with Gasteiger partial charge in [-0.3, -0.25) is 4.79 Å². The molecule has 1 amide bonds. The van der Waals surface area contributed by atoms with E-state index in [1.165, 1.54) is 16.9 Å². The summed E-state index contributed by atoms with van der Waals surface area (Å²) in [5.41, 5.74) is 3.17. The van der Waals surface area contributed by atoms with Gasteiger partial charge >= 0.3 is 0 Å². The average Bonchev–Trinajstić information content (AvgIpc) is 3.05. The normalized spacial score (nSPS) is 10.4. The molecule has 0 aliphatic heterocycles. The molecule has 0 spiro atoms. The Morgan fingerprint density at radius 1 is 1.04 bits per heavy atom. The summed E-state index contributed by atoms with van der Waals surface area (Å²) in [6, 6.07) is 20.1. The van der Waals surface area contributed by atoms with E-state index in [2.05, 4.69) is 22.4 Å². The van der Waals surface area contributed by atoms with Crippen LogP contribution in [0.2, 0.25) is 0 Å². The van der Waals surface area contributed by atoms with Crippen molar-refractivity contribution < 1.29 is 4.79 Å². The van der Waals surface area contributed by atoms with Crippen molar-refractivity contribution in [2.75, 3.05) is 5.32 Å². The molecule has 1 heterocycles. The number of carbonyl (C=O) groups is 1. The lowest BCUT2D eigenvalue weighted by atomic mass is 10.1. The minimum Gasteiger partial charge on any atom is -0.302 e. The van der Waals surface area contributed by atoms with E-state index in [4.69, 9.17) is 0 Å². The minimum atomic E-state index is -0.102. The fraction of sp³-hybridized carbons (Fsp3) is 0.105. The number of benzene rings is 2. The second kappa shape index (κ2) is 7.70. The molecule has 115 valence electrons. The van der Waals surface area contributed by atoms with Crippen molar-refractivity contribution >= 4 is 22.4 Å². The number of aromatic nitrogens is 1. The van der Waals surface area contributed by atoms with E-state index in [1.54, 1.807) is 6.42 Å². The highest BCUT2D eigenvalue weighted by molar-refractivity contribution is 7.14. The summed E-state index contributed by atoms with van der Waals surface area (Å²) in [6.07, 6.45) is 3.25. The van der Waals surface area contributed by atoms with Crippen molar-refractivity contribution in [2.24, 2.45) is 0 Å². The van der Waals surface area contributed by atoms with Crippen LogP contribution in [0.25, 0.3) is 11.3 Å². The van der Waals surface area contributed by atoms with Gasteiger partial charge in [0.15, 0.2) is 5.13 Å². The van der Waals surface area contributed by atoms with Crippen LogP contribution in [0, 0.1) is 6.42 Å². The number of amides is 1. The smallest absolute Gasteiger partial charge is 0.230 e. The molecule has 0 fully saturated rings. The molecule has 3 nitrogen and oxygen atoms in total. The van der Waals surface area contributed by atoms with E-state index in [-0.39, 0.29) is 5.91 Å². The maximum absolute atomic E-state index is 11.9. The number of aryl methyl sites for hydroxylation is 1. The fourth-order valence-corrected chi connectivity index (χ4v) is 2.97. The third-order valence-electron chi connectivity index (χ3n) is 3.41. The number of hydrogen-bond acceptors (Lipinski definition) is 3. The molecule has 0 atom stereocenters. The zero-order valence-electron chi connectivity index (χ0n) is 12.6. The number of rotatable bonds is 6. The lowest BCUT2D eigenvalue weighted by molar-refractivity contribution is -0.113. The summed E-state index contributed by atoms with van der Waals surface area (Å²) in [7, 11) is 0. The van der Waals surface area contributed by atoms with Gasteiger partial charge in [0.25, 0.3) is 0 Å². The second-order valence-electron chi connectivity index (χ2n) is 5.12. The van der Waals surface area contributed by atoms with Gasteiger partial charge in [-0.25, -0.2) is 4.98 Å². The van der Waals surface area contributed by atoms with E-state index >= 15 is 0 Å². The van der Waals surface area contributed by atoms with E-state index in [9.17, 15) is 4.79 Å². The number of nitrogens with zero attached hydrogens (tertiary/aromatic N) is 1. The zero-order valence-corrected chi connectivity index (χ0v) is 13.4. The topological polar surface area (TPSA) is 42.0 Å². The van der Waals surface area contributed by atoms with E-state index in [1.807, 2.05) is 53.9 Å². The molecule has 0 aliphatic rings. The highest BCUT2D eigenvalue weighted by Crippen LogP contribution is 2.24. The first kappa shape index (κ1) is 15.4. The van der Waals surface area contributed by atoms with Crippen LogP contribution in [-0.4, -0.2) is 10.9 Å². The molecule has 0 saturated heterocycles. The Kier molecular flexibility index (Phi) is 5.17. The van der Waals surface area contributed by atoms with Crippen molar-refractivity contribution in [3.8, 4) is 11.3 Å². The second-order valence-corrected chi connectivity index (χ2v) is 5.98. The van der Waals surface area contributed by atoms with Gasteiger partial charge in [-0.1, -0.05) is 60.7 Å². The summed E-state index contributed by atoms with van der Waals surface area (Å²) in [5.74, 6) is -0.102. The lowest BCUT2D eigenvalue weighted by Crippen LogP contribution is -2.12. The number of nitrogens with one attached hydrogen (secondary N) is 1. The van der Waals surface area contributed by atoms with Crippen molar-refractivity contribution in [1.82, 2.24) is 4.98 Å². The van der Waals surface area contributed by atoms with Gasteiger partial charge in [-0.05, 0) is 18.4 Å². The molecular formula is C19H17N2OS. The molecule has 0 aliphatic carbocycles. The molecule has 3 rings (SSSR count). The van der Waals surface area contributed by atoms with Crippen molar-refractivity contribution in [3.05, 3.63) is 78.0 Å². The molecule has 0 unspecified atom stereocenters. The third-order valence-corrected chi connectivity index (χ3v) is 4.17. The van der Waals surface area contributed by atoms with Gasteiger partial charge in [0, 0.05) is 10.9 Å². The molecular weight excluding hydrogens is 304 g/mol. The van der Waals surface area contributed by atoms with Gasteiger partial charge < -0.3 is 5.32 Å². The Balaban J connectivity index is 1.49. The van der Waals surface area contributed by atoms with E-state index < -0.39 is 0 Å². The summed E-state index contributed by atoms with van der Waals surface area (Å²) in [5, 5.41) is 5.41. The predicted octanol–water partition coefficient (Wildman–Crippen LogP) is 4.59. The highest BCUT2D eigenvalue weighted by Gasteiger charge is 2.08. The summed E-state index contributed by atoms with van der Waals surface area (Å²) >= 11 is 1.44. The Morgan fingerprint density at radius 2 is 1.74 bits per heavy atom. The molecule has 2 aromatic carbocycles. The molecule has 3 aromatic rings. The first-order chi connectivity index (χ1) is 11.3. The van der Waals surface area contributed by atoms with Crippen LogP contribution in [0.5, 0.6) is 0 Å².